The van der Waals surface area contributed by atoms with E-state index in [2.05, 4.69) is 9.97 Å². The number of benzene rings is 1. The molecule has 1 aromatic carbocycles. The Hall–Kier alpha value is -3.06. The van der Waals surface area contributed by atoms with Gasteiger partial charge in [-0.2, -0.15) is 0 Å². The van der Waals surface area contributed by atoms with Crippen LogP contribution in [0, 0.1) is 5.82 Å². The number of carbonyl (C=O) groups excluding carboxylic acids is 1. The third kappa shape index (κ3) is 3.73. The van der Waals surface area contributed by atoms with Gasteiger partial charge < -0.3 is 9.64 Å². The molecule has 1 amide bonds. The highest BCUT2D eigenvalue weighted by atomic mass is 19.1. The van der Waals surface area contributed by atoms with E-state index in [1.54, 1.807) is 30.9 Å². The molecule has 1 aliphatic rings. The first-order valence-electron chi connectivity index (χ1n) is 8.85. The zero-order chi connectivity index (χ0) is 18.6. The van der Waals surface area contributed by atoms with Crippen LogP contribution in [0.15, 0.2) is 55.1 Å². The number of pyridine rings is 1. The summed E-state index contributed by atoms with van der Waals surface area (Å²) in [6.07, 6.45) is 5.21. The molecule has 0 atom stereocenters. The smallest absolute Gasteiger partial charge is 0.265 e. The number of rotatable bonds is 4. The largest absolute Gasteiger partial charge is 0.378 e. The summed E-state index contributed by atoms with van der Waals surface area (Å²) in [5, 5.41) is 0. The first-order valence-corrected chi connectivity index (χ1v) is 8.85. The fourth-order valence-corrected chi connectivity index (χ4v) is 3.26. The van der Waals surface area contributed by atoms with E-state index in [0.717, 1.165) is 22.5 Å². The third-order valence-electron chi connectivity index (χ3n) is 4.64. The SMILES string of the molecule is O=C(C[n+]1c[nH]c(-c2ccc(F)cc2)c1-c1ccncc1)N1CCOCC1. The second kappa shape index (κ2) is 7.67. The number of carbonyl (C=O) groups is 1. The Bertz CT molecular complexity index is 919. The Morgan fingerprint density at radius 3 is 2.52 bits per heavy atom. The van der Waals surface area contributed by atoms with Crippen LogP contribution in [-0.4, -0.2) is 47.1 Å². The van der Waals surface area contributed by atoms with Crippen LogP contribution in [-0.2, 0) is 16.1 Å². The van der Waals surface area contributed by atoms with E-state index in [0.29, 0.717) is 26.3 Å². The van der Waals surface area contributed by atoms with Crippen LogP contribution < -0.4 is 4.57 Å². The molecule has 4 rings (SSSR count). The van der Waals surface area contributed by atoms with E-state index in [-0.39, 0.29) is 18.3 Å². The summed E-state index contributed by atoms with van der Waals surface area (Å²) in [6.45, 7) is 2.58. The maximum Gasteiger partial charge on any atom is 0.265 e. The van der Waals surface area contributed by atoms with Gasteiger partial charge in [0, 0.05) is 36.6 Å². The van der Waals surface area contributed by atoms with Gasteiger partial charge in [-0.15, -0.1) is 0 Å². The minimum absolute atomic E-state index is 0.0447. The van der Waals surface area contributed by atoms with E-state index in [1.165, 1.54) is 12.1 Å². The lowest BCUT2D eigenvalue weighted by Gasteiger charge is -2.26. The van der Waals surface area contributed by atoms with E-state index >= 15 is 0 Å². The fourth-order valence-electron chi connectivity index (χ4n) is 3.26. The van der Waals surface area contributed by atoms with Gasteiger partial charge in [0.25, 0.3) is 5.91 Å². The number of hydrogen-bond acceptors (Lipinski definition) is 3. The van der Waals surface area contributed by atoms with Gasteiger partial charge in [-0.05, 0) is 36.4 Å². The van der Waals surface area contributed by atoms with Crippen LogP contribution in [0.2, 0.25) is 0 Å². The maximum absolute atomic E-state index is 13.3. The Labute approximate surface area is 156 Å². The number of ether oxygens (including phenoxy) is 1. The predicted molar refractivity (Wildman–Crippen MR) is 97.0 cm³/mol. The number of halogens is 1. The molecule has 138 valence electrons. The van der Waals surface area contributed by atoms with Gasteiger partial charge in [0.1, 0.15) is 5.82 Å². The quantitative estimate of drug-likeness (QED) is 0.718. The van der Waals surface area contributed by atoms with Crippen molar-refractivity contribution in [3.63, 3.8) is 0 Å². The van der Waals surface area contributed by atoms with Gasteiger partial charge in [-0.3, -0.25) is 9.78 Å². The molecule has 1 saturated heterocycles. The number of aromatic amines is 1. The Morgan fingerprint density at radius 2 is 1.81 bits per heavy atom. The number of morpholine rings is 1. The summed E-state index contributed by atoms with van der Waals surface area (Å²) in [4.78, 5) is 21.8. The average molecular weight is 367 g/mol. The molecular formula is C20H20FN4O2+. The standard InChI is InChI=1S/C20H19FN4O2/c21-17-3-1-15(2-4-17)19-20(16-5-7-22-8-6-16)25(14-23-19)13-18(26)24-9-11-27-12-10-24/h1-8,14H,9-13H2/p+1. The number of hydrogen-bond donors (Lipinski definition) is 1. The number of H-pyrrole nitrogens is 1. The van der Waals surface area contributed by atoms with Gasteiger partial charge >= 0.3 is 0 Å². The summed E-state index contributed by atoms with van der Waals surface area (Å²) in [6, 6.07) is 10.1. The van der Waals surface area contributed by atoms with Gasteiger partial charge in [0.2, 0.25) is 6.33 Å². The van der Waals surface area contributed by atoms with E-state index in [4.69, 9.17) is 4.74 Å². The van der Waals surface area contributed by atoms with Gasteiger partial charge in [-0.1, -0.05) is 0 Å². The van der Waals surface area contributed by atoms with Crippen LogP contribution >= 0.6 is 0 Å². The Morgan fingerprint density at radius 1 is 1.11 bits per heavy atom. The van der Waals surface area contributed by atoms with Crippen molar-refractivity contribution in [1.82, 2.24) is 14.9 Å². The first-order chi connectivity index (χ1) is 13.2. The number of amides is 1. The van der Waals surface area contributed by atoms with Crippen molar-refractivity contribution in [1.29, 1.82) is 0 Å². The lowest BCUT2D eigenvalue weighted by molar-refractivity contribution is -0.673. The lowest BCUT2D eigenvalue weighted by Crippen LogP contribution is -2.48. The Kier molecular flexibility index (Phi) is 4.93. The molecule has 0 saturated carbocycles. The van der Waals surface area contributed by atoms with E-state index in [1.807, 2.05) is 21.6 Å². The topological polar surface area (TPSA) is 62.1 Å². The molecule has 6 nitrogen and oxygen atoms in total. The molecule has 0 unspecified atom stereocenters. The zero-order valence-electron chi connectivity index (χ0n) is 14.8. The average Bonchev–Trinajstić information content (AvgIpc) is 3.13. The zero-order valence-corrected chi connectivity index (χ0v) is 14.8. The highest BCUT2D eigenvalue weighted by Crippen LogP contribution is 2.27. The van der Waals surface area contributed by atoms with Crippen molar-refractivity contribution in [3.8, 4) is 22.5 Å². The molecule has 0 radical (unpaired) electrons. The lowest BCUT2D eigenvalue weighted by atomic mass is 10.1. The molecule has 27 heavy (non-hydrogen) atoms. The number of aromatic nitrogens is 3. The highest BCUT2D eigenvalue weighted by Gasteiger charge is 2.25. The summed E-state index contributed by atoms with van der Waals surface area (Å²) < 4.78 is 20.5. The van der Waals surface area contributed by atoms with Crippen LogP contribution in [0.4, 0.5) is 4.39 Å². The molecular weight excluding hydrogens is 347 g/mol. The predicted octanol–water partition coefficient (Wildman–Crippen LogP) is 2.03. The van der Waals surface area contributed by atoms with Crippen molar-refractivity contribution in [2.75, 3.05) is 26.3 Å². The summed E-state index contributed by atoms with van der Waals surface area (Å²) in [7, 11) is 0. The summed E-state index contributed by atoms with van der Waals surface area (Å²) in [5.74, 6) is -0.241. The Balaban J connectivity index is 1.71. The van der Waals surface area contributed by atoms with Crippen molar-refractivity contribution in [3.05, 3.63) is 60.9 Å². The van der Waals surface area contributed by atoms with Gasteiger partial charge in [0.05, 0.1) is 13.2 Å². The summed E-state index contributed by atoms with van der Waals surface area (Å²) in [5.41, 5.74) is 3.47. The fraction of sp³-hybridized carbons (Fsp3) is 0.250. The molecule has 1 fully saturated rings. The first kappa shape index (κ1) is 17.4. The molecule has 2 aromatic heterocycles. The van der Waals surface area contributed by atoms with Crippen LogP contribution in [0.1, 0.15) is 0 Å². The molecule has 7 heteroatoms. The molecule has 1 aliphatic heterocycles. The third-order valence-corrected chi connectivity index (χ3v) is 4.64. The van der Waals surface area contributed by atoms with Crippen molar-refractivity contribution < 1.29 is 18.5 Å². The molecule has 0 aliphatic carbocycles. The second-order valence-electron chi connectivity index (χ2n) is 6.36. The van der Waals surface area contributed by atoms with Crippen LogP contribution in [0.25, 0.3) is 22.5 Å². The van der Waals surface area contributed by atoms with Crippen molar-refractivity contribution in [2.45, 2.75) is 6.54 Å². The number of nitrogens with zero attached hydrogens (tertiary/aromatic N) is 3. The summed E-state index contributed by atoms with van der Waals surface area (Å²) >= 11 is 0. The van der Waals surface area contributed by atoms with Gasteiger partial charge in [-0.25, -0.2) is 13.9 Å². The van der Waals surface area contributed by atoms with E-state index in [9.17, 15) is 9.18 Å². The molecule has 0 spiro atoms. The van der Waals surface area contributed by atoms with Gasteiger partial charge in [0.15, 0.2) is 17.9 Å². The van der Waals surface area contributed by atoms with Crippen LogP contribution in [0.5, 0.6) is 0 Å². The number of nitrogens with one attached hydrogen (secondary N) is 1. The van der Waals surface area contributed by atoms with E-state index < -0.39 is 0 Å². The minimum atomic E-state index is -0.286. The number of imidazole rings is 1. The highest BCUT2D eigenvalue weighted by molar-refractivity contribution is 5.77. The maximum atomic E-state index is 13.3. The van der Waals surface area contributed by atoms with Crippen molar-refractivity contribution >= 4 is 5.91 Å². The normalized spacial score (nSPS) is 14.3. The molecule has 0 bridgehead atoms. The monoisotopic (exact) mass is 367 g/mol. The van der Waals surface area contributed by atoms with Crippen molar-refractivity contribution in [2.24, 2.45) is 0 Å². The second-order valence-corrected chi connectivity index (χ2v) is 6.36. The molecule has 3 aromatic rings. The minimum Gasteiger partial charge on any atom is -0.378 e. The molecule has 1 N–H and O–H groups in total. The molecule has 3 heterocycles. The van der Waals surface area contributed by atoms with Crippen LogP contribution in [0.3, 0.4) is 0 Å².